The van der Waals surface area contributed by atoms with Gasteiger partial charge in [-0.3, -0.25) is 4.68 Å². The van der Waals surface area contributed by atoms with E-state index in [2.05, 4.69) is 15.3 Å². The van der Waals surface area contributed by atoms with Gasteiger partial charge >= 0.3 is 6.09 Å². The Labute approximate surface area is 106 Å². The third-order valence-corrected chi connectivity index (χ3v) is 3.30. The highest BCUT2D eigenvalue weighted by atomic mass is 16.4. The summed E-state index contributed by atoms with van der Waals surface area (Å²) in [6, 6.07) is 0. The molecule has 2 rings (SSSR count). The van der Waals surface area contributed by atoms with E-state index in [0.717, 1.165) is 31.7 Å². The predicted molar refractivity (Wildman–Crippen MR) is 68.6 cm³/mol. The van der Waals surface area contributed by atoms with Crippen molar-refractivity contribution in [3.05, 3.63) is 6.20 Å². The molecular formula is C11H19N5O2. The van der Waals surface area contributed by atoms with E-state index >= 15 is 0 Å². The van der Waals surface area contributed by atoms with Gasteiger partial charge in [0.05, 0.1) is 11.9 Å². The van der Waals surface area contributed by atoms with E-state index in [1.165, 1.54) is 0 Å². The predicted octanol–water partition coefficient (Wildman–Crippen LogP) is 0.486. The van der Waals surface area contributed by atoms with E-state index in [9.17, 15) is 4.79 Å². The van der Waals surface area contributed by atoms with Crippen molar-refractivity contribution < 1.29 is 9.90 Å². The van der Waals surface area contributed by atoms with Crippen molar-refractivity contribution in [1.82, 2.24) is 15.1 Å². The SMILES string of the molecule is Cn1ncc(N)c1N1CCCC(CNC(=O)O)C1. The quantitative estimate of drug-likeness (QED) is 0.728. The highest BCUT2D eigenvalue weighted by molar-refractivity contribution is 5.64. The van der Waals surface area contributed by atoms with Crippen LogP contribution in [0.5, 0.6) is 0 Å². The number of nitrogen functional groups attached to an aromatic ring is 1. The summed E-state index contributed by atoms with van der Waals surface area (Å²) in [7, 11) is 1.87. The van der Waals surface area contributed by atoms with Crippen molar-refractivity contribution in [2.75, 3.05) is 30.3 Å². The summed E-state index contributed by atoms with van der Waals surface area (Å²) in [4.78, 5) is 12.7. The number of nitrogens with two attached hydrogens (primary N) is 1. The lowest BCUT2D eigenvalue weighted by Crippen LogP contribution is -2.41. The molecule has 7 heteroatoms. The molecule has 0 bridgehead atoms. The number of nitrogens with one attached hydrogen (secondary N) is 1. The summed E-state index contributed by atoms with van der Waals surface area (Å²) in [5, 5.41) is 15.2. The normalized spacial score (nSPS) is 19.8. The summed E-state index contributed by atoms with van der Waals surface area (Å²) in [5.74, 6) is 1.25. The number of amides is 1. The lowest BCUT2D eigenvalue weighted by Gasteiger charge is -2.34. The van der Waals surface area contributed by atoms with E-state index in [1.54, 1.807) is 10.9 Å². The summed E-state index contributed by atoms with van der Waals surface area (Å²) < 4.78 is 1.77. The highest BCUT2D eigenvalue weighted by Gasteiger charge is 2.23. The van der Waals surface area contributed by atoms with E-state index in [4.69, 9.17) is 10.8 Å². The van der Waals surface area contributed by atoms with Crippen molar-refractivity contribution in [2.24, 2.45) is 13.0 Å². The molecule has 100 valence electrons. The molecule has 0 radical (unpaired) electrons. The number of anilines is 2. The van der Waals surface area contributed by atoms with Gasteiger partial charge in [-0.2, -0.15) is 5.10 Å². The van der Waals surface area contributed by atoms with Crippen molar-refractivity contribution in [2.45, 2.75) is 12.8 Å². The molecule has 18 heavy (non-hydrogen) atoms. The summed E-state index contributed by atoms with van der Waals surface area (Å²) in [6.07, 6.45) is 2.76. The fourth-order valence-corrected chi connectivity index (χ4v) is 2.49. The van der Waals surface area contributed by atoms with Crippen LogP contribution >= 0.6 is 0 Å². The Morgan fingerprint density at radius 1 is 1.72 bits per heavy atom. The molecular weight excluding hydrogens is 234 g/mol. The van der Waals surface area contributed by atoms with E-state index < -0.39 is 6.09 Å². The molecule has 7 nitrogen and oxygen atoms in total. The Morgan fingerprint density at radius 2 is 2.50 bits per heavy atom. The fourth-order valence-electron chi connectivity index (χ4n) is 2.49. The van der Waals surface area contributed by atoms with E-state index in [0.29, 0.717) is 18.2 Å². The van der Waals surface area contributed by atoms with Gasteiger partial charge in [0.2, 0.25) is 0 Å². The Balaban J connectivity index is 2.00. The van der Waals surface area contributed by atoms with Crippen LogP contribution < -0.4 is 16.0 Å². The number of hydrogen-bond donors (Lipinski definition) is 3. The van der Waals surface area contributed by atoms with Crippen LogP contribution in [-0.4, -0.2) is 40.6 Å². The van der Waals surface area contributed by atoms with Crippen LogP contribution in [0.15, 0.2) is 6.20 Å². The molecule has 1 aromatic heterocycles. The van der Waals surface area contributed by atoms with Gasteiger partial charge in [0, 0.05) is 26.7 Å². The third kappa shape index (κ3) is 2.66. The zero-order chi connectivity index (χ0) is 13.1. The molecule has 1 saturated heterocycles. The second-order valence-corrected chi connectivity index (χ2v) is 4.69. The number of carbonyl (C=O) groups is 1. The van der Waals surface area contributed by atoms with Gasteiger partial charge in [-0.25, -0.2) is 4.79 Å². The molecule has 4 N–H and O–H groups in total. The van der Waals surface area contributed by atoms with E-state index in [-0.39, 0.29) is 0 Å². The third-order valence-electron chi connectivity index (χ3n) is 3.30. The van der Waals surface area contributed by atoms with Gasteiger partial charge in [0.1, 0.15) is 5.82 Å². The molecule has 1 amide bonds. The topological polar surface area (TPSA) is 96.4 Å². The van der Waals surface area contributed by atoms with Gasteiger partial charge in [-0.05, 0) is 18.8 Å². The number of piperidine rings is 1. The minimum atomic E-state index is -0.966. The standard InChI is InChI=1S/C11H19N5O2/c1-15-10(9(12)6-14-15)16-4-2-3-8(7-16)5-13-11(17)18/h6,8,13H,2-5,7,12H2,1H3,(H,17,18). The van der Waals surface area contributed by atoms with Crippen LogP contribution in [0.3, 0.4) is 0 Å². The van der Waals surface area contributed by atoms with Crippen LogP contribution in [0, 0.1) is 5.92 Å². The van der Waals surface area contributed by atoms with Crippen LogP contribution in [0.4, 0.5) is 16.3 Å². The van der Waals surface area contributed by atoms with Gasteiger partial charge in [0.25, 0.3) is 0 Å². The van der Waals surface area contributed by atoms with Crippen LogP contribution in [0.1, 0.15) is 12.8 Å². The number of hydrogen-bond acceptors (Lipinski definition) is 4. The first-order valence-electron chi connectivity index (χ1n) is 6.07. The maximum atomic E-state index is 10.5. The van der Waals surface area contributed by atoms with Gasteiger partial charge < -0.3 is 21.1 Å². The average Bonchev–Trinajstić information content (AvgIpc) is 2.67. The summed E-state index contributed by atoms with van der Waals surface area (Å²) in [6.45, 7) is 2.24. The molecule has 1 aliphatic heterocycles. The largest absolute Gasteiger partial charge is 0.465 e. The first kappa shape index (κ1) is 12.5. The number of nitrogens with zero attached hydrogens (tertiary/aromatic N) is 3. The molecule has 0 aromatic carbocycles. The molecule has 0 spiro atoms. The Kier molecular flexibility index (Phi) is 3.59. The molecule has 1 aliphatic rings. The minimum Gasteiger partial charge on any atom is -0.465 e. The molecule has 1 unspecified atom stereocenters. The maximum absolute atomic E-state index is 10.5. The Hall–Kier alpha value is -1.92. The number of aryl methyl sites for hydroxylation is 1. The number of aromatic nitrogens is 2. The lowest BCUT2D eigenvalue weighted by molar-refractivity contribution is 0.191. The molecule has 1 fully saturated rings. The lowest BCUT2D eigenvalue weighted by atomic mass is 9.98. The zero-order valence-electron chi connectivity index (χ0n) is 10.5. The summed E-state index contributed by atoms with van der Waals surface area (Å²) in [5.41, 5.74) is 6.58. The monoisotopic (exact) mass is 253 g/mol. The Bertz CT molecular complexity index is 412. The van der Waals surface area contributed by atoms with Gasteiger partial charge in [-0.15, -0.1) is 0 Å². The van der Waals surface area contributed by atoms with Crippen molar-refractivity contribution >= 4 is 17.6 Å². The van der Waals surface area contributed by atoms with Crippen molar-refractivity contribution in [3.8, 4) is 0 Å². The second-order valence-electron chi connectivity index (χ2n) is 4.69. The first-order valence-corrected chi connectivity index (χ1v) is 6.07. The fraction of sp³-hybridized carbons (Fsp3) is 0.636. The smallest absolute Gasteiger partial charge is 0.404 e. The number of carboxylic acid groups (broad SMARTS) is 1. The van der Waals surface area contributed by atoms with Crippen LogP contribution in [0.2, 0.25) is 0 Å². The first-order chi connectivity index (χ1) is 8.58. The van der Waals surface area contributed by atoms with Gasteiger partial charge in [0.15, 0.2) is 0 Å². The van der Waals surface area contributed by atoms with E-state index in [1.807, 2.05) is 7.05 Å². The molecule has 2 heterocycles. The zero-order valence-corrected chi connectivity index (χ0v) is 10.5. The second kappa shape index (κ2) is 5.16. The summed E-state index contributed by atoms with van der Waals surface area (Å²) >= 11 is 0. The minimum absolute atomic E-state index is 0.323. The number of rotatable bonds is 3. The Morgan fingerprint density at radius 3 is 3.11 bits per heavy atom. The molecule has 1 atom stereocenters. The van der Waals surface area contributed by atoms with Gasteiger partial charge in [-0.1, -0.05) is 0 Å². The maximum Gasteiger partial charge on any atom is 0.404 e. The van der Waals surface area contributed by atoms with Crippen LogP contribution in [0.25, 0.3) is 0 Å². The highest BCUT2D eigenvalue weighted by Crippen LogP contribution is 2.27. The molecule has 1 aromatic rings. The van der Waals surface area contributed by atoms with Crippen LogP contribution in [-0.2, 0) is 7.05 Å². The molecule has 0 saturated carbocycles. The van der Waals surface area contributed by atoms with Crippen molar-refractivity contribution in [3.63, 3.8) is 0 Å². The average molecular weight is 253 g/mol. The van der Waals surface area contributed by atoms with Crippen molar-refractivity contribution in [1.29, 1.82) is 0 Å². The molecule has 0 aliphatic carbocycles.